The van der Waals surface area contributed by atoms with Crippen molar-refractivity contribution >= 4 is 23.1 Å². The summed E-state index contributed by atoms with van der Waals surface area (Å²) >= 11 is 1.56. The van der Waals surface area contributed by atoms with Crippen molar-refractivity contribution in [2.45, 2.75) is 19.4 Å². The van der Waals surface area contributed by atoms with Gasteiger partial charge in [-0.3, -0.25) is 9.69 Å². The van der Waals surface area contributed by atoms with Crippen LogP contribution in [-0.4, -0.2) is 53.5 Å². The van der Waals surface area contributed by atoms with E-state index in [4.69, 9.17) is 0 Å². The summed E-state index contributed by atoms with van der Waals surface area (Å²) in [5, 5.41) is 5.95. The number of anilines is 1. The van der Waals surface area contributed by atoms with Gasteiger partial charge in [-0.15, -0.1) is 11.3 Å². The van der Waals surface area contributed by atoms with Gasteiger partial charge in [0.15, 0.2) is 0 Å². The van der Waals surface area contributed by atoms with Crippen LogP contribution in [0, 0.1) is 0 Å². The third kappa shape index (κ3) is 4.10. The molecule has 3 heterocycles. The molecule has 6 nitrogen and oxygen atoms in total. The molecule has 0 saturated carbocycles. The Morgan fingerprint density at radius 2 is 2.00 bits per heavy atom. The SMILES string of the molecule is CC(C)(NC(=O)CN1CCN(c2ccccn2)CC1)c1nccs1. The number of hydrogen-bond donors (Lipinski definition) is 1. The van der Waals surface area contributed by atoms with Crippen LogP contribution in [-0.2, 0) is 10.3 Å². The van der Waals surface area contributed by atoms with Crippen molar-refractivity contribution in [1.82, 2.24) is 20.2 Å². The molecule has 128 valence electrons. The first-order valence-electron chi connectivity index (χ1n) is 8.14. The molecule has 0 unspecified atom stereocenters. The maximum absolute atomic E-state index is 12.4. The minimum atomic E-state index is -0.430. The van der Waals surface area contributed by atoms with Gasteiger partial charge in [0.2, 0.25) is 5.91 Å². The number of pyridine rings is 1. The van der Waals surface area contributed by atoms with E-state index in [9.17, 15) is 4.79 Å². The Labute approximate surface area is 146 Å². The number of nitrogens with one attached hydrogen (secondary N) is 1. The van der Waals surface area contributed by atoms with Gasteiger partial charge in [0.1, 0.15) is 10.8 Å². The third-order valence-electron chi connectivity index (χ3n) is 4.13. The van der Waals surface area contributed by atoms with Gasteiger partial charge in [-0.25, -0.2) is 9.97 Å². The normalized spacial score (nSPS) is 16.2. The first-order valence-corrected chi connectivity index (χ1v) is 9.02. The second kappa shape index (κ2) is 7.27. The van der Waals surface area contributed by atoms with E-state index in [2.05, 4.69) is 25.1 Å². The number of amides is 1. The summed E-state index contributed by atoms with van der Waals surface area (Å²) in [5.74, 6) is 1.05. The molecule has 1 fully saturated rings. The minimum Gasteiger partial charge on any atom is -0.354 e. The highest BCUT2D eigenvalue weighted by Crippen LogP contribution is 2.21. The first-order chi connectivity index (χ1) is 11.5. The van der Waals surface area contributed by atoms with Gasteiger partial charge >= 0.3 is 0 Å². The van der Waals surface area contributed by atoms with Crippen LogP contribution in [0.3, 0.4) is 0 Å². The zero-order valence-electron chi connectivity index (χ0n) is 14.1. The number of carbonyl (C=O) groups is 1. The molecule has 0 aliphatic carbocycles. The molecule has 0 aromatic carbocycles. The Bertz CT molecular complexity index is 651. The van der Waals surface area contributed by atoms with Gasteiger partial charge in [-0.05, 0) is 26.0 Å². The molecule has 24 heavy (non-hydrogen) atoms. The molecular weight excluding hydrogens is 322 g/mol. The van der Waals surface area contributed by atoms with Gasteiger partial charge in [0, 0.05) is 44.0 Å². The lowest BCUT2D eigenvalue weighted by Gasteiger charge is -2.35. The van der Waals surface area contributed by atoms with E-state index in [1.165, 1.54) is 0 Å². The summed E-state index contributed by atoms with van der Waals surface area (Å²) in [5.41, 5.74) is -0.430. The molecule has 0 bridgehead atoms. The van der Waals surface area contributed by atoms with Gasteiger partial charge in [-0.2, -0.15) is 0 Å². The van der Waals surface area contributed by atoms with Crippen LogP contribution >= 0.6 is 11.3 Å². The average molecular weight is 345 g/mol. The van der Waals surface area contributed by atoms with Crippen LogP contribution in [0.25, 0.3) is 0 Å². The van der Waals surface area contributed by atoms with Crippen LogP contribution in [0.1, 0.15) is 18.9 Å². The third-order valence-corrected chi connectivity index (χ3v) is 5.23. The predicted octanol–water partition coefficient (Wildman–Crippen LogP) is 1.71. The minimum absolute atomic E-state index is 0.0430. The quantitative estimate of drug-likeness (QED) is 0.894. The molecule has 0 radical (unpaired) electrons. The summed E-state index contributed by atoms with van der Waals surface area (Å²) in [4.78, 5) is 25.5. The fraction of sp³-hybridized carbons (Fsp3) is 0.471. The summed E-state index contributed by atoms with van der Waals surface area (Å²) in [6, 6.07) is 5.95. The lowest BCUT2D eigenvalue weighted by atomic mass is 10.1. The van der Waals surface area contributed by atoms with Gasteiger partial charge < -0.3 is 10.2 Å². The monoisotopic (exact) mass is 345 g/mol. The molecule has 1 aliphatic heterocycles. The van der Waals surface area contributed by atoms with Crippen LogP contribution in [0.15, 0.2) is 36.0 Å². The maximum Gasteiger partial charge on any atom is 0.234 e. The van der Waals surface area contributed by atoms with Crippen LogP contribution < -0.4 is 10.2 Å². The number of piperazine rings is 1. The highest BCUT2D eigenvalue weighted by Gasteiger charge is 2.27. The standard InChI is InChI=1S/C17H23N5OS/c1-17(2,16-19-7-12-24-16)20-15(23)13-21-8-10-22(11-9-21)14-5-3-4-6-18-14/h3-7,12H,8-11,13H2,1-2H3,(H,20,23). The number of thiazole rings is 1. The molecule has 3 rings (SSSR count). The Morgan fingerprint density at radius 1 is 1.21 bits per heavy atom. The summed E-state index contributed by atoms with van der Waals surface area (Å²) in [6.07, 6.45) is 3.58. The molecule has 2 aromatic heterocycles. The molecule has 1 N–H and O–H groups in total. The molecule has 1 aliphatic rings. The van der Waals surface area contributed by atoms with E-state index in [0.29, 0.717) is 6.54 Å². The van der Waals surface area contributed by atoms with E-state index < -0.39 is 5.54 Å². The van der Waals surface area contributed by atoms with Gasteiger partial charge in [0.05, 0.1) is 12.1 Å². The van der Waals surface area contributed by atoms with Crippen molar-refractivity contribution in [1.29, 1.82) is 0 Å². The fourth-order valence-electron chi connectivity index (χ4n) is 2.85. The van der Waals surface area contributed by atoms with Crippen molar-refractivity contribution in [3.05, 3.63) is 41.0 Å². The smallest absolute Gasteiger partial charge is 0.234 e. The molecule has 1 saturated heterocycles. The maximum atomic E-state index is 12.4. The Morgan fingerprint density at radius 3 is 2.62 bits per heavy atom. The van der Waals surface area contributed by atoms with Gasteiger partial charge in [0.25, 0.3) is 0 Å². The number of carbonyl (C=O) groups excluding carboxylic acids is 1. The molecular formula is C17H23N5OS. The molecule has 7 heteroatoms. The molecule has 0 atom stereocenters. The summed E-state index contributed by atoms with van der Waals surface area (Å²) in [7, 11) is 0. The Kier molecular flexibility index (Phi) is 5.11. The number of hydrogen-bond acceptors (Lipinski definition) is 6. The lowest BCUT2D eigenvalue weighted by Crippen LogP contribution is -2.51. The molecule has 0 spiro atoms. The van der Waals surface area contributed by atoms with Crippen molar-refractivity contribution in [2.75, 3.05) is 37.6 Å². The zero-order chi connectivity index (χ0) is 17.0. The van der Waals surface area contributed by atoms with Crippen molar-refractivity contribution in [3.8, 4) is 0 Å². The highest BCUT2D eigenvalue weighted by molar-refractivity contribution is 7.09. The van der Waals surface area contributed by atoms with E-state index in [1.54, 1.807) is 17.5 Å². The topological polar surface area (TPSA) is 61.4 Å². The predicted molar refractivity (Wildman–Crippen MR) is 96.2 cm³/mol. The number of nitrogens with zero attached hydrogens (tertiary/aromatic N) is 4. The first kappa shape index (κ1) is 16.9. The van der Waals surface area contributed by atoms with Crippen LogP contribution in [0.4, 0.5) is 5.82 Å². The fourth-order valence-corrected chi connectivity index (χ4v) is 3.57. The second-order valence-corrected chi connectivity index (χ2v) is 7.36. The lowest BCUT2D eigenvalue weighted by molar-refractivity contribution is -0.124. The van der Waals surface area contributed by atoms with Crippen molar-refractivity contribution in [2.24, 2.45) is 0 Å². The van der Waals surface area contributed by atoms with Gasteiger partial charge in [-0.1, -0.05) is 6.07 Å². The molecule has 2 aromatic rings. The Balaban J connectivity index is 1.48. The van der Waals surface area contributed by atoms with Crippen LogP contribution in [0.2, 0.25) is 0 Å². The molecule has 1 amide bonds. The summed E-state index contributed by atoms with van der Waals surface area (Å²) < 4.78 is 0. The largest absolute Gasteiger partial charge is 0.354 e. The van der Waals surface area contributed by atoms with E-state index in [0.717, 1.165) is 37.0 Å². The van der Waals surface area contributed by atoms with Crippen molar-refractivity contribution in [3.63, 3.8) is 0 Å². The zero-order valence-corrected chi connectivity index (χ0v) is 14.9. The number of rotatable bonds is 5. The highest BCUT2D eigenvalue weighted by atomic mass is 32.1. The average Bonchev–Trinajstić information content (AvgIpc) is 3.11. The van der Waals surface area contributed by atoms with Crippen LogP contribution in [0.5, 0.6) is 0 Å². The van der Waals surface area contributed by atoms with E-state index in [1.807, 2.05) is 43.6 Å². The van der Waals surface area contributed by atoms with E-state index >= 15 is 0 Å². The van der Waals surface area contributed by atoms with Crippen molar-refractivity contribution < 1.29 is 4.79 Å². The summed E-state index contributed by atoms with van der Waals surface area (Å²) in [6.45, 7) is 7.90. The van der Waals surface area contributed by atoms with E-state index in [-0.39, 0.29) is 5.91 Å². The number of aromatic nitrogens is 2. The Hall–Kier alpha value is -1.99. The second-order valence-electron chi connectivity index (χ2n) is 6.46.